The lowest BCUT2D eigenvalue weighted by molar-refractivity contribution is -0.171. The van der Waals surface area contributed by atoms with Crippen molar-refractivity contribution in [2.75, 3.05) is 14.2 Å². The van der Waals surface area contributed by atoms with Crippen molar-refractivity contribution < 1.29 is 23.7 Å². The molecule has 5 heteroatoms. The molecule has 4 nitrogen and oxygen atoms in total. The SMILES string of the molecule is COc1cc([C@H]2CC(C)(F)[C@@H]3CC[C@@H](C)C[C@H]3O2)cc(OC)c1O. The summed E-state index contributed by atoms with van der Waals surface area (Å²) in [5.74, 6) is 1.10. The van der Waals surface area contributed by atoms with E-state index in [4.69, 9.17) is 14.2 Å². The summed E-state index contributed by atoms with van der Waals surface area (Å²) < 4.78 is 32.0. The van der Waals surface area contributed by atoms with Crippen molar-refractivity contribution in [2.45, 2.75) is 57.4 Å². The number of halogens is 1. The Kier molecular flexibility index (Phi) is 4.65. The summed E-state index contributed by atoms with van der Waals surface area (Å²) in [6, 6.07) is 3.43. The summed E-state index contributed by atoms with van der Waals surface area (Å²) in [4.78, 5) is 0. The minimum atomic E-state index is -1.26. The monoisotopic (exact) mass is 338 g/mol. The first-order chi connectivity index (χ1) is 11.4. The van der Waals surface area contributed by atoms with Gasteiger partial charge in [-0.2, -0.15) is 0 Å². The summed E-state index contributed by atoms with van der Waals surface area (Å²) in [6.45, 7) is 3.90. The fraction of sp³-hybridized carbons (Fsp3) is 0.684. The second kappa shape index (κ2) is 6.43. The van der Waals surface area contributed by atoms with Crippen molar-refractivity contribution in [3.05, 3.63) is 17.7 Å². The van der Waals surface area contributed by atoms with Gasteiger partial charge >= 0.3 is 0 Å². The van der Waals surface area contributed by atoms with Crippen LogP contribution in [0, 0.1) is 11.8 Å². The van der Waals surface area contributed by atoms with E-state index in [1.54, 1.807) is 19.1 Å². The predicted octanol–water partition coefficient (Wildman–Crippen LogP) is 4.40. The molecular weight excluding hydrogens is 311 g/mol. The number of phenols is 1. The third-order valence-corrected chi connectivity index (χ3v) is 5.62. The molecule has 1 aromatic rings. The number of hydrogen-bond acceptors (Lipinski definition) is 4. The molecule has 2 fully saturated rings. The number of rotatable bonds is 3. The molecule has 1 unspecified atom stereocenters. The van der Waals surface area contributed by atoms with E-state index < -0.39 is 5.67 Å². The normalized spacial score (nSPS) is 36.0. The highest BCUT2D eigenvalue weighted by atomic mass is 19.1. The van der Waals surface area contributed by atoms with Crippen LogP contribution in [0.3, 0.4) is 0 Å². The summed E-state index contributed by atoms with van der Waals surface area (Å²) >= 11 is 0. The molecule has 5 atom stereocenters. The maximum Gasteiger partial charge on any atom is 0.200 e. The Hall–Kier alpha value is -1.49. The van der Waals surface area contributed by atoms with Crippen molar-refractivity contribution in [3.63, 3.8) is 0 Å². The van der Waals surface area contributed by atoms with E-state index in [-0.39, 0.29) is 23.9 Å². The average molecular weight is 338 g/mol. The Morgan fingerprint density at radius 2 is 1.83 bits per heavy atom. The average Bonchev–Trinajstić information content (AvgIpc) is 2.53. The second-order valence-electron chi connectivity index (χ2n) is 7.44. The lowest BCUT2D eigenvalue weighted by atomic mass is 9.69. The molecule has 0 amide bonds. The molecule has 0 aromatic heterocycles. The first-order valence-electron chi connectivity index (χ1n) is 8.65. The highest BCUT2D eigenvalue weighted by Crippen LogP contribution is 2.51. The van der Waals surface area contributed by atoms with Gasteiger partial charge < -0.3 is 19.3 Å². The molecule has 1 saturated heterocycles. The lowest BCUT2D eigenvalue weighted by Gasteiger charge is -2.48. The van der Waals surface area contributed by atoms with E-state index in [9.17, 15) is 5.11 Å². The minimum absolute atomic E-state index is 0.0362. The molecule has 1 aromatic carbocycles. The van der Waals surface area contributed by atoms with Gasteiger partial charge in [0.1, 0.15) is 5.67 Å². The Morgan fingerprint density at radius 1 is 1.21 bits per heavy atom. The maximum atomic E-state index is 15.3. The van der Waals surface area contributed by atoms with E-state index in [1.807, 2.05) is 0 Å². The van der Waals surface area contributed by atoms with Gasteiger partial charge in [-0.3, -0.25) is 0 Å². The minimum Gasteiger partial charge on any atom is -0.502 e. The number of benzene rings is 1. The summed E-state index contributed by atoms with van der Waals surface area (Å²) in [6.07, 6.45) is 2.72. The summed E-state index contributed by atoms with van der Waals surface area (Å²) in [7, 11) is 2.97. The Labute approximate surface area is 142 Å². The van der Waals surface area contributed by atoms with E-state index in [2.05, 4.69) is 6.92 Å². The molecule has 24 heavy (non-hydrogen) atoms. The predicted molar refractivity (Wildman–Crippen MR) is 89.5 cm³/mol. The van der Waals surface area contributed by atoms with Crippen molar-refractivity contribution in [1.29, 1.82) is 0 Å². The van der Waals surface area contributed by atoms with Crippen LogP contribution in [0.5, 0.6) is 17.2 Å². The standard InChI is InChI=1S/C19H27FO4/c1-11-5-6-13-14(7-11)24-17(10-19(13,2)20)12-8-15(22-3)18(21)16(9-12)23-4/h8-9,11,13-14,17,21H,5-7,10H2,1-4H3/t11-,13-,14-,17-,19?/m1/s1. The van der Waals surface area contributed by atoms with Gasteiger partial charge in [0.2, 0.25) is 5.75 Å². The molecule has 0 radical (unpaired) electrons. The van der Waals surface area contributed by atoms with Gasteiger partial charge in [0.25, 0.3) is 0 Å². The van der Waals surface area contributed by atoms with E-state index >= 15 is 4.39 Å². The van der Waals surface area contributed by atoms with Crippen LogP contribution in [0.25, 0.3) is 0 Å². The van der Waals surface area contributed by atoms with Gasteiger partial charge in [0.05, 0.1) is 26.4 Å². The molecule has 1 aliphatic carbocycles. The molecular formula is C19H27FO4. The number of aromatic hydroxyl groups is 1. The number of fused-ring (bicyclic) bond motifs is 1. The maximum absolute atomic E-state index is 15.3. The van der Waals surface area contributed by atoms with Crippen molar-refractivity contribution in [2.24, 2.45) is 11.8 Å². The number of hydrogen-bond donors (Lipinski definition) is 1. The van der Waals surface area contributed by atoms with Crippen molar-refractivity contribution >= 4 is 0 Å². The highest BCUT2D eigenvalue weighted by Gasteiger charge is 2.49. The second-order valence-corrected chi connectivity index (χ2v) is 7.44. The third-order valence-electron chi connectivity index (χ3n) is 5.62. The zero-order valence-electron chi connectivity index (χ0n) is 14.8. The van der Waals surface area contributed by atoms with Crippen LogP contribution in [0.15, 0.2) is 12.1 Å². The van der Waals surface area contributed by atoms with Gasteiger partial charge in [0, 0.05) is 12.3 Å². The van der Waals surface area contributed by atoms with Crippen LogP contribution in [-0.2, 0) is 4.74 Å². The molecule has 1 N–H and O–H groups in total. The van der Waals surface area contributed by atoms with E-state index in [0.29, 0.717) is 23.8 Å². The van der Waals surface area contributed by atoms with Crippen LogP contribution < -0.4 is 9.47 Å². The largest absolute Gasteiger partial charge is 0.502 e. The van der Waals surface area contributed by atoms with Crippen LogP contribution in [0.4, 0.5) is 4.39 Å². The molecule has 0 spiro atoms. The third kappa shape index (κ3) is 3.06. The quantitative estimate of drug-likeness (QED) is 0.887. The van der Waals surface area contributed by atoms with Crippen molar-refractivity contribution in [3.8, 4) is 17.2 Å². The first kappa shape index (κ1) is 17.3. The fourth-order valence-electron chi connectivity index (χ4n) is 4.24. The van der Waals surface area contributed by atoms with Crippen LogP contribution in [0.2, 0.25) is 0 Å². The first-order valence-corrected chi connectivity index (χ1v) is 8.65. The van der Waals surface area contributed by atoms with Gasteiger partial charge in [-0.15, -0.1) is 0 Å². The Balaban J connectivity index is 1.92. The van der Waals surface area contributed by atoms with Gasteiger partial charge in [-0.05, 0) is 43.4 Å². The van der Waals surface area contributed by atoms with Gasteiger partial charge in [-0.1, -0.05) is 13.3 Å². The Morgan fingerprint density at radius 3 is 2.42 bits per heavy atom. The van der Waals surface area contributed by atoms with Crippen LogP contribution in [-0.4, -0.2) is 31.1 Å². The van der Waals surface area contributed by atoms with E-state index in [1.165, 1.54) is 14.2 Å². The molecule has 1 heterocycles. The molecule has 0 bridgehead atoms. The number of alkyl halides is 1. The summed E-state index contributed by atoms with van der Waals surface area (Å²) in [5, 5.41) is 10.1. The fourth-order valence-corrected chi connectivity index (χ4v) is 4.24. The van der Waals surface area contributed by atoms with Crippen molar-refractivity contribution in [1.82, 2.24) is 0 Å². The molecule has 2 aliphatic rings. The van der Waals surface area contributed by atoms with Crippen LogP contribution >= 0.6 is 0 Å². The molecule has 134 valence electrons. The van der Waals surface area contributed by atoms with Gasteiger partial charge in [0.15, 0.2) is 11.5 Å². The Bertz CT molecular complexity index is 576. The smallest absolute Gasteiger partial charge is 0.200 e. The van der Waals surface area contributed by atoms with Crippen LogP contribution in [0.1, 0.15) is 51.2 Å². The highest BCUT2D eigenvalue weighted by molar-refractivity contribution is 5.53. The molecule has 1 aliphatic heterocycles. The molecule has 3 rings (SSSR count). The topological polar surface area (TPSA) is 47.9 Å². The number of methoxy groups -OCH3 is 2. The number of phenolic OH excluding ortho intramolecular Hbond substituents is 1. The van der Waals surface area contributed by atoms with E-state index in [0.717, 1.165) is 24.8 Å². The van der Waals surface area contributed by atoms with Gasteiger partial charge in [-0.25, -0.2) is 4.39 Å². The zero-order chi connectivity index (χ0) is 17.5. The lowest BCUT2D eigenvalue weighted by Crippen LogP contribution is -2.49. The molecule has 1 saturated carbocycles. The number of ether oxygens (including phenoxy) is 3. The summed E-state index contributed by atoms with van der Waals surface area (Å²) in [5.41, 5.74) is -0.478. The zero-order valence-corrected chi connectivity index (χ0v) is 14.8.